The fourth-order valence-electron chi connectivity index (χ4n) is 3.06. The molecule has 29 heavy (non-hydrogen) atoms. The number of fused-ring (bicyclic) bond motifs is 2. The van der Waals surface area contributed by atoms with Gasteiger partial charge in [0.05, 0.1) is 5.56 Å². The van der Waals surface area contributed by atoms with E-state index in [4.69, 9.17) is 16.0 Å². The first-order valence-electron chi connectivity index (χ1n) is 8.41. The highest BCUT2D eigenvalue weighted by Crippen LogP contribution is 2.34. The second-order valence-corrected chi connectivity index (χ2v) is 6.83. The molecule has 0 aliphatic rings. The van der Waals surface area contributed by atoms with Crippen molar-refractivity contribution in [3.05, 3.63) is 85.5 Å². The van der Waals surface area contributed by atoms with Gasteiger partial charge >= 0.3 is 11.8 Å². The minimum Gasteiger partial charge on any atom is -0.423 e. The summed E-state index contributed by atoms with van der Waals surface area (Å²) in [6.45, 7) is 0.104. The van der Waals surface area contributed by atoms with Gasteiger partial charge in [-0.15, -0.1) is 0 Å². The number of nitrogens with one attached hydrogen (secondary N) is 2. The molecule has 4 aromatic rings. The van der Waals surface area contributed by atoms with Crippen molar-refractivity contribution in [1.82, 2.24) is 4.98 Å². The Kier molecular flexibility index (Phi) is 4.58. The summed E-state index contributed by atoms with van der Waals surface area (Å²) in [7, 11) is 0. The molecule has 0 aliphatic heterocycles. The van der Waals surface area contributed by atoms with E-state index in [1.807, 2.05) is 0 Å². The number of anilines is 1. The van der Waals surface area contributed by atoms with E-state index in [1.165, 1.54) is 18.2 Å². The first-order valence-corrected chi connectivity index (χ1v) is 8.79. The molecule has 5 nitrogen and oxygen atoms in total. The number of benzene rings is 2. The van der Waals surface area contributed by atoms with Crippen LogP contribution in [-0.4, -0.2) is 4.98 Å². The lowest BCUT2D eigenvalue weighted by Gasteiger charge is -2.11. The van der Waals surface area contributed by atoms with Gasteiger partial charge in [-0.3, -0.25) is 4.79 Å². The summed E-state index contributed by atoms with van der Waals surface area (Å²) in [6.07, 6.45) is -4.68. The summed E-state index contributed by atoms with van der Waals surface area (Å²) < 4.78 is 44.3. The number of pyridine rings is 1. The molecule has 148 valence electrons. The van der Waals surface area contributed by atoms with E-state index < -0.39 is 17.4 Å². The van der Waals surface area contributed by atoms with Crippen LogP contribution in [0, 0.1) is 0 Å². The highest BCUT2D eigenvalue weighted by Gasteiger charge is 2.33. The van der Waals surface area contributed by atoms with Gasteiger partial charge in [0.25, 0.3) is 5.56 Å². The average molecular weight is 421 g/mol. The van der Waals surface area contributed by atoms with E-state index in [0.29, 0.717) is 27.9 Å². The molecule has 0 amide bonds. The molecule has 9 heteroatoms. The zero-order chi connectivity index (χ0) is 20.8. The Morgan fingerprint density at radius 2 is 1.83 bits per heavy atom. The van der Waals surface area contributed by atoms with Crippen LogP contribution in [0.25, 0.3) is 21.9 Å². The number of halogens is 4. The third-order valence-corrected chi connectivity index (χ3v) is 4.65. The van der Waals surface area contributed by atoms with Crippen molar-refractivity contribution in [1.29, 1.82) is 0 Å². The number of hydrogen-bond donors (Lipinski definition) is 2. The topological polar surface area (TPSA) is 75.1 Å². The average Bonchev–Trinajstić information content (AvgIpc) is 2.65. The molecule has 2 aromatic carbocycles. The molecule has 0 aliphatic carbocycles. The van der Waals surface area contributed by atoms with Gasteiger partial charge in [-0.25, -0.2) is 4.79 Å². The molecule has 4 rings (SSSR count). The normalized spacial score (nSPS) is 11.9. The van der Waals surface area contributed by atoms with E-state index in [2.05, 4.69) is 10.3 Å². The van der Waals surface area contributed by atoms with Crippen molar-refractivity contribution in [2.75, 3.05) is 5.32 Å². The fourth-order valence-corrected chi connectivity index (χ4v) is 3.24. The van der Waals surface area contributed by atoms with Gasteiger partial charge in [-0.05, 0) is 36.4 Å². The molecular weight excluding hydrogens is 409 g/mol. The quantitative estimate of drug-likeness (QED) is 0.461. The van der Waals surface area contributed by atoms with Gasteiger partial charge in [0, 0.05) is 51.2 Å². The van der Waals surface area contributed by atoms with Crippen molar-refractivity contribution in [2.45, 2.75) is 12.7 Å². The molecule has 0 saturated carbocycles. The van der Waals surface area contributed by atoms with Gasteiger partial charge in [-0.2, -0.15) is 13.2 Å². The molecule has 0 unspecified atom stereocenters. The lowest BCUT2D eigenvalue weighted by molar-refractivity contribution is -0.136. The minimum absolute atomic E-state index is 0.104. The van der Waals surface area contributed by atoms with Crippen LogP contribution in [0.5, 0.6) is 0 Å². The van der Waals surface area contributed by atoms with E-state index >= 15 is 0 Å². The molecule has 0 atom stereocenters. The van der Waals surface area contributed by atoms with Gasteiger partial charge in [0.15, 0.2) is 0 Å². The third kappa shape index (κ3) is 3.84. The smallest absolute Gasteiger partial charge is 0.417 e. The summed E-state index contributed by atoms with van der Waals surface area (Å²) in [5.41, 5.74) is -1.22. The summed E-state index contributed by atoms with van der Waals surface area (Å²) in [4.78, 5) is 26.5. The van der Waals surface area contributed by atoms with Crippen LogP contribution < -0.4 is 16.5 Å². The molecule has 2 aromatic heterocycles. The van der Waals surface area contributed by atoms with Crippen molar-refractivity contribution in [3.8, 4) is 0 Å². The van der Waals surface area contributed by atoms with Crippen LogP contribution in [0.3, 0.4) is 0 Å². The first-order chi connectivity index (χ1) is 13.7. The Hall–Kier alpha value is -3.26. The first kappa shape index (κ1) is 19.1. The summed E-state index contributed by atoms with van der Waals surface area (Å²) >= 11 is 5.97. The van der Waals surface area contributed by atoms with Crippen LogP contribution in [-0.2, 0) is 12.7 Å². The van der Waals surface area contributed by atoms with Crippen LogP contribution in [0.1, 0.15) is 11.1 Å². The SMILES string of the molecule is O=c1cc(C(F)(F)F)c2ccc(NCc3cc4cc(Cl)ccc4[nH]c3=O)cc2o1. The Bertz CT molecular complexity index is 1360. The van der Waals surface area contributed by atoms with Gasteiger partial charge < -0.3 is 14.7 Å². The highest BCUT2D eigenvalue weighted by molar-refractivity contribution is 6.31. The summed E-state index contributed by atoms with van der Waals surface area (Å²) in [5.74, 6) is 0. The lowest BCUT2D eigenvalue weighted by Crippen LogP contribution is -2.15. The maximum absolute atomic E-state index is 13.1. The zero-order valence-electron chi connectivity index (χ0n) is 14.6. The van der Waals surface area contributed by atoms with Gasteiger partial charge in [0.2, 0.25) is 0 Å². The number of aromatic nitrogens is 1. The van der Waals surface area contributed by atoms with E-state index in [9.17, 15) is 22.8 Å². The van der Waals surface area contributed by atoms with Crippen LogP contribution in [0.4, 0.5) is 18.9 Å². The molecule has 0 saturated heterocycles. The largest absolute Gasteiger partial charge is 0.423 e. The summed E-state index contributed by atoms with van der Waals surface area (Å²) in [6, 6.07) is 11.1. The third-order valence-electron chi connectivity index (χ3n) is 4.42. The van der Waals surface area contributed by atoms with Crippen LogP contribution in [0.2, 0.25) is 5.02 Å². The molecule has 2 N–H and O–H groups in total. The molecule has 0 fully saturated rings. The second kappa shape index (κ2) is 6.97. The fraction of sp³-hybridized carbons (Fsp3) is 0.100. The Balaban J connectivity index is 1.67. The van der Waals surface area contributed by atoms with E-state index in [1.54, 1.807) is 24.3 Å². The van der Waals surface area contributed by atoms with Crippen molar-refractivity contribution >= 4 is 39.2 Å². The number of H-pyrrole nitrogens is 1. The van der Waals surface area contributed by atoms with Gasteiger partial charge in [-0.1, -0.05) is 11.6 Å². The van der Waals surface area contributed by atoms with Crippen molar-refractivity contribution < 1.29 is 17.6 Å². The maximum atomic E-state index is 13.1. The van der Waals surface area contributed by atoms with Crippen molar-refractivity contribution in [2.24, 2.45) is 0 Å². The Morgan fingerprint density at radius 3 is 2.59 bits per heavy atom. The van der Waals surface area contributed by atoms with E-state index in [-0.39, 0.29) is 23.1 Å². The van der Waals surface area contributed by atoms with Crippen molar-refractivity contribution in [3.63, 3.8) is 0 Å². The molecule has 0 radical (unpaired) electrons. The number of alkyl halides is 3. The zero-order valence-corrected chi connectivity index (χ0v) is 15.3. The number of hydrogen-bond acceptors (Lipinski definition) is 4. The Morgan fingerprint density at radius 1 is 1.03 bits per heavy atom. The summed E-state index contributed by atoms with van der Waals surface area (Å²) in [5, 5.41) is 4.00. The van der Waals surface area contributed by atoms with Gasteiger partial charge in [0.1, 0.15) is 5.58 Å². The molecule has 2 heterocycles. The maximum Gasteiger partial charge on any atom is 0.417 e. The van der Waals surface area contributed by atoms with Crippen LogP contribution >= 0.6 is 11.6 Å². The van der Waals surface area contributed by atoms with Crippen LogP contribution in [0.15, 0.2) is 62.5 Å². The standard InChI is InChI=1S/C20H12ClF3N2O3/c21-12-1-4-16-10(6-12)5-11(19(28)26-16)9-25-13-2-3-14-15(20(22,23)24)8-18(27)29-17(14)7-13/h1-8,25H,9H2,(H,26,28). The molecule has 0 spiro atoms. The number of rotatable bonds is 3. The Labute approximate surface area is 165 Å². The van der Waals surface area contributed by atoms with E-state index in [0.717, 1.165) is 5.39 Å². The second-order valence-electron chi connectivity index (χ2n) is 6.40. The minimum atomic E-state index is -4.68. The predicted molar refractivity (Wildman–Crippen MR) is 104 cm³/mol. The monoisotopic (exact) mass is 420 g/mol. The molecule has 0 bridgehead atoms. The predicted octanol–water partition coefficient (Wildman–Crippen LogP) is 4.92. The molecular formula is C20H12ClF3N2O3. The highest BCUT2D eigenvalue weighted by atomic mass is 35.5. The lowest BCUT2D eigenvalue weighted by atomic mass is 10.1. The number of aromatic amines is 1.